The van der Waals surface area contributed by atoms with Gasteiger partial charge in [-0.3, -0.25) is 9.00 Å². The molecule has 5 nitrogen and oxygen atoms in total. The van der Waals surface area contributed by atoms with Gasteiger partial charge in [0.2, 0.25) is 5.91 Å². The summed E-state index contributed by atoms with van der Waals surface area (Å²) in [5, 5.41) is 2.65. The normalized spacial score (nSPS) is 14.8. The van der Waals surface area contributed by atoms with E-state index in [-0.39, 0.29) is 18.4 Å². The average molecular weight is 222 g/mol. The number of nitrogens with two attached hydrogens (primary N) is 1. The molecule has 0 saturated heterocycles. The number of amides is 1. The lowest BCUT2D eigenvalue weighted by molar-refractivity contribution is -0.123. The first-order chi connectivity index (χ1) is 6.60. The van der Waals surface area contributed by atoms with Crippen molar-refractivity contribution in [3.8, 4) is 0 Å². The number of hydrogen-bond donors (Lipinski definition) is 2. The van der Waals surface area contributed by atoms with Crippen LogP contribution in [0.4, 0.5) is 0 Å². The van der Waals surface area contributed by atoms with Crippen molar-refractivity contribution in [1.82, 2.24) is 5.32 Å². The molecule has 0 saturated carbocycles. The predicted molar refractivity (Wildman–Crippen MR) is 56.4 cm³/mol. The molecule has 0 aliphatic carbocycles. The molecule has 0 aliphatic heterocycles. The number of carbonyl (C=O) groups excluding carboxylic acids is 1. The van der Waals surface area contributed by atoms with E-state index in [1.807, 2.05) is 0 Å². The summed E-state index contributed by atoms with van der Waals surface area (Å²) in [4.78, 5) is 11.2. The number of nitrogens with one attached hydrogen (secondary N) is 1. The van der Waals surface area contributed by atoms with Crippen molar-refractivity contribution in [3.05, 3.63) is 0 Å². The summed E-state index contributed by atoms with van der Waals surface area (Å²) in [6, 6.07) is 0. The van der Waals surface area contributed by atoms with Crippen LogP contribution in [0.25, 0.3) is 0 Å². The Morgan fingerprint density at radius 1 is 1.64 bits per heavy atom. The molecule has 0 aromatic carbocycles. The largest absolute Gasteiger partial charge is 0.380 e. The Hall–Kier alpha value is -0.460. The quantitative estimate of drug-likeness (QED) is 0.569. The predicted octanol–water partition coefficient (Wildman–Crippen LogP) is -1.16. The highest BCUT2D eigenvalue weighted by atomic mass is 32.2. The van der Waals surface area contributed by atoms with E-state index in [1.165, 1.54) is 7.11 Å². The third kappa shape index (κ3) is 6.99. The molecule has 6 heteroatoms. The van der Waals surface area contributed by atoms with Gasteiger partial charge in [-0.2, -0.15) is 0 Å². The molecule has 84 valence electrons. The van der Waals surface area contributed by atoms with Crippen LogP contribution in [-0.4, -0.2) is 48.4 Å². The Balaban J connectivity index is 3.59. The first-order valence-electron chi connectivity index (χ1n) is 4.39. The van der Waals surface area contributed by atoms with Crippen molar-refractivity contribution in [3.63, 3.8) is 0 Å². The van der Waals surface area contributed by atoms with Gasteiger partial charge in [0.25, 0.3) is 0 Å². The Kier molecular flexibility index (Phi) is 7.64. The fraction of sp³-hybridized carbons (Fsp3) is 0.875. The molecule has 0 fully saturated rings. The van der Waals surface area contributed by atoms with Crippen LogP contribution >= 0.6 is 0 Å². The lowest BCUT2D eigenvalue weighted by atomic mass is 10.2. The third-order valence-corrected chi connectivity index (χ3v) is 2.50. The summed E-state index contributed by atoms with van der Waals surface area (Å²) in [6.07, 6.45) is 1.62. The van der Waals surface area contributed by atoms with Crippen molar-refractivity contribution in [2.45, 2.75) is 12.5 Å². The minimum Gasteiger partial charge on any atom is -0.380 e. The molecule has 0 radical (unpaired) electrons. The Labute approximate surface area is 86.8 Å². The summed E-state index contributed by atoms with van der Waals surface area (Å²) in [6.45, 7) is 0.757. The molecular weight excluding hydrogens is 204 g/mol. The molecule has 0 heterocycles. The fourth-order valence-corrected chi connectivity index (χ4v) is 1.27. The minimum atomic E-state index is -0.869. The molecular formula is C8H18N2O3S. The lowest BCUT2D eigenvalue weighted by Crippen LogP contribution is -2.33. The van der Waals surface area contributed by atoms with Gasteiger partial charge in [0.05, 0.1) is 12.5 Å². The summed E-state index contributed by atoms with van der Waals surface area (Å²) in [5.74, 6) is 0.360. The first kappa shape index (κ1) is 13.5. The second-order valence-electron chi connectivity index (χ2n) is 2.92. The second-order valence-corrected chi connectivity index (χ2v) is 4.48. The van der Waals surface area contributed by atoms with Crippen LogP contribution in [-0.2, 0) is 20.3 Å². The molecule has 0 rings (SSSR count). The zero-order valence-electron chi connectivity index (χ0n) is 8.62. The molecule has 2 atom stereocenters. The molecule has 0 spiro atoms. The van der Waals surface area contributed by atoms with E-state index in [0.717, 1.165) is 0 Å². The molecule has 14 heavy (non-hydrogen) atoms. The maximum absolute atomic E-state index is 11.2. The van der Waals surface area contributed by atoms with Gasteiger partial charge >= 0.3 is 0 Å². The van der Waals surface area contributed by atoms with Crippen LogP contribution in [0, 0.1) is 0 Å². The van der Waals surface area contributed by atoms with E-state index in [2.05, 4.69) is 5.32 Å². The Morgan fingerprint density at radius 3 is 2.71 bits per heavy atom. The summed E-state index contributed by atoms with van der Waals surface area (Å²) in [7, 11) is 0.651. The molecule has 3 N–H and O–H groups in total. The third-order valence-electron chi connectivity index (χ3n) is 1.72. The monoisotopic (exact) mass is 222 g/mol. The van der Waals surface area contributed by atoms with Crippen LogP contribution < -0.4 is 11.1 Å². The number of ether oxygens (including phenoxy) is 1. The van der Waals surface area contributed by atoms with E-state index in [0.29, 0.717) is 18.8 Å². The highest BCUT2D eigenvalue weighted by Gasteiger charge is 2.10. The van der Waals surface area contributed by atoms with E-state index in [9.17, 15) is 9.00 Å². The van der Waals surface area contributed by atoms with Gasteiger partial charge in [0.15, 0.2) is 0 Å². The van der Waals surface area contributed by atoms with Gasteiger partial charge in [-0.15, -0.1) is 0 Å². The number of hydrogen-bond acceptors (Lipinski definition) is 4. The van der Waals surface area contributed by atoms with E-state index >= 15 is 0 Å². The van der Waals surface area contributed by atoms with Crippen LogP contribution in [0.5, 0.6) is 0 Å². The van der Waals surface area contributed by atoms with E-state index in [4.69, 9.17) is 10.5 Å². The maximum atomic E-state index is 11.2. The summed E-state index contributed by atoms with van der Waals surface area (Å²) in [5.41, 5.74) is 5.35. The van der Waals surface area contributed by atoms with Gasteiger partial charge in [-0.1, -0.05) is 0 Å². The summed E-state index contributed by atoms with van der Waals surface area (Å²) < 4.78 is 15.6. The van der Waals surface area contributed by atoms with E-state index in [1.54, 1.807) is 6.26 Å². The zero-order chi connectivity index (χ0) is 11.0. The molecule has 0 aromatic heterocycles. The average Bonchev–Trinajstić information content (AvgIpc) is 2.13. The van der Waals surface area contributed by atoms with Crippen LogP contribution in [0.1, 0.15) is 6.42 Å². The number of rotatable bonds is 7. The van der Waals surface area contributed by atoms with Crippen LogP contribution in [0.2, 0.25) is 0 Å². The van der Waals surface area contributed by atoms with Gasteiger partial charge in [-0.05, 0) is 0 Å². The SMILES string of the molecule is COC(CN)CC(=O)NCCS(C)=O. The molecule has 0 aliphatic rings. The molecule has 1 amide bonds. The number of carbonyl (C=O) groups is 1. The van der Waals surface area contributed by atoms with Crippen LogP contribution in [0.15, 0.2) is 0 Å². The van der Waals surface area contributed by atoms with Gasteiger partial charge in [0.1, 0.15) is 0 Å². The standard InChI is InChI=1S/C8H18N2O3S/c1-13-7(6-9)5-8(11)10-3-4-14(2)12/h7H,3-6,9H2,1-2H3,(H,10,11). The van der Waals surface area contributed by atoms with Crippen LogP contribution in [0.3, 0.4) is 0 Å². The van der Waals surface area contributed by atoms with Crippen molar-refractivity contribution < 1.29 is 13.7 Å². The Morgan fingerprint density at radius 2 is 2.29 bits per heavy atom. The maximum Gasteiger partial charge on any atom is 0.222 e. The van der Waals surface area contributed by atoms with Crippen molar-refractivity contribution >= 4 is 16.7 Å². The van der Waals surface area contributed by atoms with Gasteiger partial charge in [0, 0.05) is 43.0 Å². The topological polar surface area (TPSA) is 81.4 Å². The summed E-state index contributed by atoms with van der Waals surface area (Å²) >= 11 is 0. The first-order valence-corrected chi connectivity index (χ1v) is 6.12. The van der Waals surface area contributed by atoms with E-state index < -0.39 is 10.8 Å². The molecule has 0 bridgehead atoms. The minimum absolute atomic E-state index is 0.118. The van der Waals surface area contributed by atoms with Crippen molar-refractivity contribution in [1.29, 1.82) is 0 Å². The lowest BCUT2D eigenvalue weighted by Gasteiger charge is -2.12. The Bertz CT molecular complexity index is 195. The van der Waals surface area contributed by atoms with Crippen molar-refractivity contribution in [2.75, 3.05) is 32.2 Å². The van der Waals surface area contributed by atoms with Gasteiger partial charge < -0.3 is 15.8 Å². The molecule has 2 unspecified atom stereocenters. The van der Waals surface area contributed by atoms with Crippen molar-refractivity contribution in [2.24, 2.45) is 5.73 Å². The molecule has 0 aromatic rings. The second kappa shape index (κ2) is 7.90. The van der Waals surface area contributed by atoms with Gasteiger partial charge in [-0.25, -0.2) is 0 Å². The zero-order valence-corrected chi connectivity index (χ0v) is 9.43. The highest BCUT2D eigenvalue weighted by Crippen LogP contribution is 1.93. The number of methoxy groups -OCH3 is 1. The highest BCUT2D eigenvalue weighted by molar-refractivity contribution is 7.84. The smallest absolute Gasteiger partial charge is 0.222 e. The fourth-order valence-electron chi connectivity index (χ4n) is 0.876.